The summed E-state index contributed by atoms with van der Waals surface area (Å²) in [6, 6.07) is 18.1. The molecule has 0 N–H and O–H groups in total. The van der Waals surface area contributed by atoms with Gasteiger partial charge in [0.05, 0.1) is 27.2 Å². The van der Waals surface area contributed by atoms with Gasteiger partial charge in [-0.25, -0.2) is 13.4 Å². The molecule has 4 aromatic rings. The van der Waals surface area contributed by atoms with Crippen LogP contribution in [0.25, 0.3) is 22.4 Å². The average Bonchev–Trinajstić information content (AvgIpc) is 3.24. The van der Waals surface area contributed by atoms with E-state index in [0.29, 0.717) is 41.1 Å². The van der Waals surface area contributed by atoms with E-state index in [1.165, 1.54) is 4.31 Å². The summed E-state index contributed by atoms with van der Waals surface area (Å²) in [6.07, 6.45) is 0. The van der Waals surface area contributed by atoms with Crippen LogP contribution in [-0.2, 0) is 10.0 Å². The van der Waals surface area contributed by atoms with Crippen molar-refractivity contribution in [2.75, 3.05) is 26.2 Å². The number of amides is 1. The highest BCUT2D eigenvalue weighted by Crippen LogP contribution is 2.28. The normalized spacial score (nSPS) is 15.1. The number of hydrogen-bond acceptors (Lipinski definition) is 6. The van der Waals surface area contributed by atoms with Crippen LogP contribution in [-0.4, -0.2) is 59.8 Å². The Labute approximate surface area is 197 Å². The first kappa shape index (κ1) is 22.2. The highest BCUT2D eigenvalue weighted by molar-refractivity contribution is 7.89. The molecule has 0 radical (unpaired) electrons. The van der Waals surface area contributed by atoms with Crippen molar-refractivity contribution in [1.82, 2.24) is 19.3 Å². The number of piperazine rings is 1. The molecule has 1 saturated heterocycles. The van der Waals surface area contributed by atoms with Crippen LogP contribution in [0.5, 0.6) is 0 Å². The number of carbonyl (C=O) groups excluding carboxylic acids is 1. The molecule has 0 unspecified atom stereocenters. The summed E-state index contributed by atoms with van der Waals surface area (Å²) in [5.41, 5.74) is 3.83. The summed E-state index contributed by atoms with van der Waals surface area (Å²) in [4.78, 5) is 20.1. The van der Waals surface area contributed by atoms with Gasteiger partial charge in [-0.1, -0.05) is 53.2 Å². The molecule has 0 saturated carbocycles. The van der Waals surface area contributed by atoms with Crippen LogP contribution in [0.2, 0.25) is 0 Å². The Morgan fingerprint density at radius 3 is 2.29 bits per heavy atom. The van der Waals surface area contributed by atoms with Crippen LogP contribution in [0.3, 0.4) is 0 Å². The second kappa shape index (κ2) is 8.66. The number of rotatable bonds is 4. The molecule has 1 aliphatic heterocycles. The minimum Gasteiger partial charge on any atom is -0.336 e. The van der Waals surface area contributed by atoms with Crippen molar-refractivity contribution in [3.8, 4) is 11.3 Å². The lowest BCUT2D eigenvalue weighted by Gasteiger charge is -2.34. The predicted octanol–water partition coefficient (Wildman–Crippen LogP) is 3.65. The van der Waals surface area contributed by atoms with Crippen molar-refractivity contribution in [3.63, 3.8) is 0 Å². The van der Waals surface area contributed by atoms with Gasteiger partial charge in [-0.15, -0.1) is 0 Å². The number of benzene rings is 2. The fraction of sp³-hybridized carbons (Fsp3) is 0.240. The van der Waals surface area contributed by atoms with Gasteiger partial charge in [0.15, 0.2) is 0 Å². The van der Waals surface area contributed by atoms with E-state index in [4.69, 9.17) is 4.52 Å². The number of fused-ring (bicyclic) bond motifs is 1. The minimum atomic E-state index is -3.61. The third-order valence-corrected chi connectivity index (χ3v) is 8.01. The van der Waals surface area contributed by atoms with Gasteiger partial charge in [-0.2, -0.15) is 4.31 Å². The maximum Gasteiger partial charge on any atom is 0.259 e. The molecule has 34 heavy (non-hydrogen) atoms. The van der Waals surface area contributed by atoms with Gasteiger partial charge in [0.1, 0.15) is 0 Å². The van der Waals surface area contributed by atoms with Crippen LogP contribution < -0.4 is 0 Å². The molecule has 1 aliphatic rings. The quantitative estimate of drug-likeness (QED) is 0.446. The second-order valence-corrected chi connectivity index (χ2v) is 10.3. The number of aromatic nitrogens is 2. The largest absolute Gasteiger partial charge is 0.336 e. The van der Waals surface area contributed by atoms with E-state index in [-0.39, 0.29) is 23.9 Å². The minimum absolute atomic E-state index is 0.191. The second-order valence-electron chi connectivity index (χ2n) is 8.38. The van der Waals surface area contributed by atoms with Crippen LogP contribution in [0, 0.1) is 13.8 Å². The number of aryl methyl sites for hydroxylation is 2. The lowest BCUT2D eigenvalue weighted by Crippen LogP contribution is -2.50. The molecule has 3 heterocycles. The zero-order valence-corrected chi connectivity index (χ0v) is 19.7. The summed E-state index contributed by atoms with van der Waals surface area (Å²) in [7, 11) is -3.61. The molecule has 174 valence electrons. The first-order valence-electron chi connectivity index (χ1n) is 11.0. The number of nitrogens with zero attached hydrogens (tertiary/aromatic N) is 4. The van der Waals surface area contributed by atoms with Crippen molar-refractivity contribution in [2.24, 2.45) is 0 Å². The molecule has 1 amide bonds. The van der Waals surface area contributed by atoms with E-state index in [1.54, 1.807) is 42.2 Å². The first-order valence-corrected chi connectivity index (χ1v) is 12.5. The molecule has 2 aromatic carbocycles. The van der Waals surface area contributed by atoms with E-state index in [9.17, 15) is 13.2 Å². The molecule has 0 spiro atoms. The van der Waals surface area contributed by atoms with Gasteiger partial charge in [-0.3, -0.25) is 4.79 Å². The topological polar surface area (TPSA) is 96.6 Å². The van der Waals surface area contributed by atoms with Crippen molar-refractivity contribution in [1.29, 1.82) is 0 Å². The van der Waals surface area contributed by atoms with Gasteiger partial charge in [0.2, 0.25) is 10.0 Å². The number of carbonyl (C=O) groups is 1. The standard InChI is InChI=1S/C25H24N4O4S/c1-17-8-10-20(11-9-17)34(31,32)29-14-12-28(13-15-29)25(30)21-16-22(19-6-4-3-5-7-19)26-24-23(21)18(2)27-33-24/h3-11,16H,12-15H2,1-2H3. The maximum atomic E-state index is 13.6. The third-order valence-electron chi connectivity index (χ3n) is 6.10. The van der Waals surface area contributed by atoms with E-state index in [2.05, 4.69) is 10.1 Å². The highest BCUT2D eigenvalue weighted by atomic mass is 32.2. The molecular formula is C25H24N4O4S. The summed E-state index contributed by atoms with van der Waals surface area (Å²) < 4.78 is 32.9. The average molecular weight is 477 g/mol. The third kappa shape index (κ3) is 3.97. The van der Waals surface area contributed by atoms with Crippen molar-refractivity contribution < 1.29 is 17.7 Å². The van der Waals surface area contributed by atoms with Crippen molar-refractivity contribution >= 4 is 27.0 Å². The highest BCUT2D eigenvalue weighted by Gasteiger charge is 2.31. The summed E-state index contributed by atoms with van der Waals surface area (Å²) in [6.45, 7) is 4.72. The van der Waals surface area contributed by atoms with E-state index < -0.39 is 10.0 Å². The SMILES string of the molecule is Cc1ccc(S(=O)(=O)N2CCN(C(=O)c3cc(-c4ccccc4)nc4onc(C)c34)CC2)cc1. The van der Waals surface area contributed by atoms with Gasteiger partial charge in [0.25, 0.3) is 11.6 Å². The monoisotopic (exact) mass is 476 g/mol. The molecule has 9 heteroatoms. The summed E-state index contributed by atoms with van der Waals surface area (Å²) in [5, 5.41) is 4.59. The molecule has 0 atom stereocenters. The Kier molecular flexibility index (Phi) is 5.66. The Balaban J connectivity index is 1.41. The zero-order chi connectivity index (χ0) is 23.9. The summed E-state index contributed by atoms with van der Waals surface area (Å²) >= 11 is 0. The molecule has 2 aromatic heterocycles. The first-order chi connectivity index (χ1) is 16.3. The van der Waals surface area contributed by atoms with Crippen LogP contribution in [0.4, 0.5) is 0 Å². The van der Waals surface area contributed by atoms with Crippen LogP contribution >= 0.6 is 0 Å². The Bertz CT molecular complexity index is 1460. The van der Waals surface area contributed by atoms with Gasteiger partial charge in [-0.05, 0) is 32.0 Å². The van der Waals surface area contributed by atoms with E-state index in [0.717, 1.165) is 11.1 Å². The smallest absolute Gasteiger partial charge is 0.259 e. The molecular weight excluding hydrogens is 452 g/mol. The zero-order valence-electron chi connectivity index (χ0n) is 18.9. The lowest BCUT2D eigenvalue weighted by atomic mass is 10.0. The number of pyridine rings is 1. The van der Waals surface area contributed by atoms with Gasteiger partial charge in [0, 0.05) is 31.7 Å². The van der Waals surface area contributed by atoms with Crippen molar-refractivity contribution in [2.45, 2.75) is 18.7 Å². The lowest BCUT2D eigenvalue weighted by molar-refractivity contribution is 0.0699. The molecule has 0 aliphatic carbocycles. The predicted molar refractivity (Wildman–Crippen MR) is 128 cm³/mol. The molecule has 0 bridgehead atoms. The molecule has 1 fully saturated rings. The fourth-order valence-electron chi connectivity index (χ4n) is 4.18. The van der Waals surface area contributed by atoms with E-state index >= 15 is 0 Å². The van der Waals surface area contributed by atoms with Crippen LogP contribution in [0.1, 0.15) is 21.6 Å². The van der Waals surface area contributed by atoms with Gasteiger partial charge >= 0.3 is 0 Å². The number of hydrogen-bond donors (Lipinski definition) is 0. The molecule has 8 nitrogen and oxygen atoms in total. The Hall–Kier alpha value is -3.56. The molecule has 5 rings (SSSR count). The van der Waals surface area contributed by atoms with Crippen LogP contribution in [0.15, 0.2) is 70.1 Å². The summed E-state index contributed by atoms with van der Waals surface area (Å²) in [5.74, 6) is -0.191. The van der Waals surface area contributed by atoms with Gasteiger partial charge < -0.3 is 9.42 Å². The maximum absolute atomic E-state index is 13.6. The Morgan fingerprint density at radius 1 is 0.941 bits per heavy atom. The fourth-order valence-corrected chi connectivity index (χ4v) is 5.60. The van der Waals surface area contributed by atoms with Crippen molar-refractivity contribution in [3.05, 3.63) is 77.5 Å². The number of sulfonamides is 1. The van der Waals surface area contributed by atoms with E-state index in [1.807, 2.05) is 37.3 Å². The Morgan fingerprint density at radius 2 is 1.62 bits per heavy atom.